The third-order valence-corrected chi connectivity index (χ3v) is 5.01. The number of aromatic nitrogens is 3. The Kier molecular flexibility index (Phi) is 4.62. The van der Waals surface area contributed by atoms with Gasteiger partial charge in [-0.05, 0) is 29.8 Å². The molecule has 0 atom stereocenters. The van der Waals surface area contributed by atoms with E-state index in [2.05, 4.69) is 15.0 Å². The van der Waals surface area contributed by atoms with Crippen molar-refractivity contribution in [3.05, 3.63) is 81.8 Å². The van der Waals surface area contributed by atoms with Crippen molar-refractivity contribution in [1.29, 1.82) is 0 Å². The van der Waals surface area contributed by atoms with Crippen LogP contribution in [0.3, 0.4) is 0 Å². The molecule has 8 heteroatoms. The number of nitrogens with two attached hydrogens (primary N) is 1. The average Bonchev–Trinajstić information content (AvgIpc) is 3.31. The molecular formula is C19H14ClN5OS. The van der Waals surface area contributed by atoms with Crippen LogP contribution in [0.5, 0.6) is 0 Å². The molecule has 0 radical (unpaired) electrons. The van der Waals surface area contributed by atoms with Crippen LogP contribution in [0.4, 0.5) is 5.82 Å². The van der Waals surface area contributed by atoms with Crippen molar-refractivity contribution >= 4 is 34.7 Å². The third-order valence-electron chi connectivity index (χ3n) is 3.93. The van der Waals surface area contributed by atoms with Crippen LogP contribution in [0, 0.1) is 0 Å². The molecule has 2 aromatic carbocycles. The largest absolute Gasteiger partial charge is 0.364 e. The first-order valence-corrected chi connectivity index (χ1v) is 9.29. The Morgan fingerprint density at radius 3 is 2.59 bits per heavy atom. The molecule has 2 heterocycles. The molecule has 0 bridgehead atoms. The summed E-state index contributed by atoms with van der Waals surface area (Å²) < 4.78 is 2.01. The number of hydrogen-bond donors (Lipinski definition) is 2. The Bertz CT molecular complexity index is 1160. The molecule has 0 unspecified atom stereocenters. The lowest BCUT2D eigenvalue weighted by Gasteiger charge is -2.09. The number of aromatic amines is 1. The summed E-state index contributed by atoms with van der Waals surface area (Å²) in [5.41, 5.74) is 8.46. The van der Waals surface area contributed by atoms with Crippen LogP contribution in [0.15, 0.2) is 71.3 Å². The van der Waals surface area contributed by atoms with Crippen molar-refractivity contribution in [1.82, 2.24) is 14.5 Å². The Labute approximate surface area is 163 Å². The highest BCUT2D eigenvalue weighted by molar-refractivity contribution is 7.07. The molecule has 0 aliphatic heterocycles. The van der Waals surface area contributed by atoms with Crippen molar-refractivity contribution in [3.8, 4) is 16.9 Å². The Morgan fingerprint density at radius 2 is 1.89 bits per heavy atom. The molecule has 1 amide bonds. The zero-order valence-electron chi connectivity index (χ0n) is 14.0. The summed E-state index contributed by atoms with van der Waals surface area (Å²) >= 11 is 7.47. The number of thiazole rings is 1. The lowest BCUT2D eigenvalue weighted by molar-refractivity contribution is 0.0997. The lowest BCUT2D eigenvalue weighted by atomic mass is 10.1. The standard InChI is InChI=1S/C19H14ClN5OS/c20-13-8-6-12(7-9-13)15-10-27-19(25(15)14-4-2-1-3-5-14)24-18-16(17(21)26)22-11-23-18/h1-11H,(H2,21,26)(H,22,23)/b24-19-. The molecule has 27 heavy (non-hydrogen) atoms. The number of benzene rings is 2. The van der Waals surface area contributed by atoms with Gasteiger partial charge in [0.25, 0.3) is 5.91 Å². The van der Waals surface area contributed by atoms with Crippen molar-refractivity contribution in [2.45, 2.75) is 0 Å². The first-order chi connectivity index (χ1) is 13.1. The summed E-state index contributed by atoms with van der Waals surface area (Å²) in [5, 5.41) is 2.68. The zero-order chi connectivity index (χ0) is 18.8. The summed E-state index contributed by atoms with van der Waals surface area (Å²) in [6, 6.07) is 17.5. The van der Waals surface area contributed by atoms with Gasteiger partial charge < -0.3 is 10.7 Å². The normalized spacial score (nSPS) is 11.7. The second-order valence-corrected chi connectivity index (χ2v) is 6.93. The van der Waals surface area contributed by atoms with Gasteiger partial charge in [0.15, 0.2) is 16.3 Å². The summed E-state index contributed by atoms with van der Waals surface area (Å²) in [5.74, 6) is -0.344. The van der Waals surface area contributed by atoms with Crippen LogP contribution in [-0.4, -0.2) is 20.4 Å². The number of amides is 1. The summed E-state index contributed by atoms with van der Waals surface area (Å²) in [4.78, 5) is 23.6. The maximum atomic E-state index is 11.6. The monoisotopic (exact) mass is 395 g/mol. The number of nitrogens with one attached hydrogen (secondary N) is 1. The van der Waals surface area contributed by atoms with E-state index in [0.717, 1.165) is 16.9 Å². The maximum absolute atomic E-state index is 11.6. The van der Waals surface area contributed by atoms with Crippen molar-refractivity contribution in [2.24, 2.45) is 10.7 Å². The van der Waals surface area contributed by atoms with Crippen molar-refractivity contribution in [3.63, 3.8) is 0 Å². The van der Waals surface area contributed by atoms with E-state index in [4.69, 9.17) is 17.3 Å². The summed E-state index contributed by atoms with van der Waals surface area (Å²) in [6.07, 6.45) is 1.40. The molecule has 0 aliphatic rings. The van der Waals surface area contributed by atoms with Crippen LogP contribution < -0.4 is 10.5 Å². The second-order valence-electron chi connectivity index (χ2n) is 5.66. The van der Waals surface area contributed by atoms with Crippen LogP contribution in [0.25, 0.3) is 16.9 Å². The smallest absolute Gasteiger partial charge is 0.269 e. The predicted octanol–water partition coefficient (Wildman–Crippen LogP) is 3.91. The molecular weight excluding hydrogens is 382 g/mol. The molecule has 0 saturated carbocycles. The average molecular weight is 396 g/mol. The number of halogens is 1. The van der Waals surface area contributed by atoms with Crippen molar-refractivity contribution < 1.29 is 4.79 Å². The number of H-pyrrole nitrogens is 1. The number of carbonyl (C=O) groups is 1. The highest BCUT2D eigenvalue weighted by Gasteiger charge is 2.13. The summed E-state index contributed by atoms with van der Waals surface area (Å²) in [6.45, 7) is 0. The maximum Gasteiger partial charge on any atom is 0.269 e. The number of nitrogens with zero attached hydrogens (tertiary/aromatic N) is 3. The van der Waals surface area contributed by atoms with E-state index in [1.165, 1.54) is 17.7 Å². The van der Waals surface area contributed by atoms with Gasteiger partial charge in [-0.3, -0.25) is 9.36 Å². The zero-order valence-corrected chi connectivity index (χ0v) is 15.5. The van der Waals surface area contributed by atoms with E-state index in [1.807, 2.05) is 64.5 Å². The van der Waals surface area contributed by atoms with Gasteiger partial charge in [-0.25, -0.2) is 4.98 Å². The minimum Gasteiger partial charge on any atom is -0.364 e. The van der Waals surface area contributed by atoms with Gasteiger partial charge in [0.05, 0.1) is 12.0 Å². The third kappa shape index (κ3) is 3.42. The number of hydrogen-bond acceptors (Lipinski definition) is 4. The number of para-hydroxylation sites is 1. The lowest BCUT2D eigenvalue weighted by Crippen LogP contribution is -2.15. The van der Waals surface area contributed by atoms with Crippen LogP contribution in [-0.2, 0) is 0 Å². The molecule has 0 fully saturated rings. The van der Waals surface area contributed by atoms with Gasteiger partial charge in [-0.2, -0.15) is 4.99 Å². The van der Waals surface area contributed by atoms with E-state index in [1.54, 1.807) is 0 Å². The van der Waals surface area contributed by atoms with Crippen LogP contribution in [0.2, 0.25) is 5.02 Å². The highest BCUT2D eigenvalue weighted by atomic mass is 35.5. The molecule has 0 spiro atoms. The molecule has 4 aromatic rings. The first kappa shape index (κ1) is 17.3. The van der Waals surface area contributed by atoms with E-state index in [0.29, 0.717) is 9.82 Å². The van der Waals surface area contributed by atoms with E-state index in [-0.39, 0.29) is 11.5 Å². The fourth-order valence-corrected chi connectivity index (χ4v) is 3.71. The van der Waals surface area contributed by atoms with Gasteiger partial charge in [0.1, 0.15) is 0 Å². The predicted molar refractivity (Wildman–Crippen MR) is 106 cm³/mol. The molecule has 0 aliphatic carbocycles. The molecule has 6 nitrogen and oxygen atoms in total. The topological polar surface area (TPSA) is 89.1 Å². The van der Waals surface area contributed by atoms with E-state index in [9.17, 15) is 4.79 Å². The SMILES string of the molecule is NC(=O)c1[nH]cnc1/N=c1\scc(-c2ccc(Cl)cc2)n1-c1ccccc1. The Balaban J connectivity index is 1.95. The summed E-state index contributed by atoms with van der Waals surface area (Å²) in [7, 11) is 0. The fraction of sp³-hybridized carbons (Fsp3) is 0. The molecule has 0 saturated heterocycles. The molecule has 3 N–H and O–H groups in total. The number of carbonyl (C=O) groups excluding carboxylic acids is 1. The quantitative estimate of drug-likeness (QED) is 0.548. The highest BCUT2D eigenvalue weighted by Crippen LogP contribution is 2.25. The van der Waals surface area contributed by atoms with Gasteiger partial charge in [-0.15, -0.1) is 11.3 Å². The number of rotatable bonds is 4. The first-order valence-electron chi connectivity index (χ1n) is 8.03. The van der Waals surface area contributed by atoms with E-state index < -0.39 is 5.91 Å². The molecule has 4 rings (SSSR count). The minimum absolute atomic E-state index is 0.177. The Morgan fingerprint density at radius 1 is 1.15 bits per heavy atom. The van der Waals surface area contributed by atoms with Gasteiger partial charge in [0.2, 0.25) is 0 Å². The molecule has 134 valence electrons. The van der Waals surface area contributed by atoms with Crippen LogP contribution >= 0.6 is 22.9 Å². The number of primary amides is 1. The van der Waals surface area contributed by atoms with Crippen LogP contribution in [0.1, 0.15) is 10.5 Å². The second kappa shape index (κ2) is 7.22. The number of imidazole rings is 1. The van der Waals surface area contributed by atoms with Gasteiger partial charge in [0, 0.05) is 16.1 Å². The van der Waals surface area contributed by atoms with Gasteiger partial charge in [-0.1, -0.05) is 41.9 Å². The fourth-order valence-electron chi connectivity index (χ4n) is 2.68. The van der Waals surface area contributed by atoms with E-state index >= 15 is 0 Å². The van der Waals surface area contributed by atoms with Crippen molar-refractivity contribution in [2.75, 3.05) is 0 Å². The molecule has 2 aromatic heterocycles. The van der Waals surface area contributed by atoms with Gasteiger partial charge >= 0.3 is 0 Å². The Hall–Kier alpha value is -3.16. The minimum atomic E-state index is -0.605.